The van der Waals surface area contributed by atoms with Crippen LogP contribution in [0.4, 0.5) is 11.4 Å². The molecule has 0 aliphatic heterocycles. The number of benzene rings is 2. The van der Waals surface area contributed by atoms with E-state index < -0.39 is 0 Å². The number of hydrogen-bond acceptors (Lipinski definition) is 6. The van der Waals surface area contributed by atoms with Gasteiger partial charge >= 0.3 is 0 Å². The van der Waals surface area contributed by atoms with Crippen molar-refractivity contribution in [3.63, 3.8) is 0 Å². The Morgan fingerprint density at radius 1 is 0.512 bits per heavy atom. The molecule has 0 aliphatic carbocycles. The largest absolute Gasteiger partial charge is 0.372 e. The van der Waals surface area contributed by atoms with E-state index in [0.29, 0.717) is 0 Å². The van der Waals surface area contributed by atoms with E-state index in [9.17, 15) is 0 Å². The van der Waals surface area contributed by atoms with Crippen LogP contribution in [-0.4, -0.2) is 37.7 Å². The van der Waals surface area contributed by atoms with Gasteiger partial charge in [-0.1, -0.05) is 89.5 Å². The standard InChI is InChI=1S/2C17H29NS2.Pt/c2*1-3-5-6-7-8-13-18(4-2)16-11-9-15(10-12-16)17(20)14-19;/h2*9-12,17,19-20H,3-8,13-14H2,1-2H3;. The average Bonchev–Trinajstić information content (AvgIpc) is 3.00. The van der Waals surface area contributed by atoms with Crippen LogP contribution in [0.25, 0.3) is 0 Å². The second-order valence-corrected chi connectivity index (χ2v) is 12.5. The van der Waals surface area contributed by atoms with E-state index in [0.717, 1.165) is 37.7 Å². The third kappa shape index (κ3) is 17.3. The fraction of sp³-hybridized carbons (Fsp3) is 0.647. The summed E-state index contributed by atoms with van der Waals surface area (Å²) < 4.78 is 0. The van der Waals surface area contributed by atoms with Crippen molar-refractivity contribution < 1.29 is 21.1 Å². The molecule has 0 bridgehead atoms. The summed E-state index contributed by atoms with van der Waals surface area (Å²) in [6.07, 6.45) is 13.4. The van der Waals surface area contributed by atoms with Gasteiger partial charge in [0, 0.05) is 80.6 Å². The quantitative estimate of drug-likeness (QED) is 0.0781. The molecular weight excluding hydrogens is 760 g/mol. The fourth-order valence-electron chi connectivity index (χ4n) is 4.78. The summed E-state index contributed by atoms with van der Waals surface area (Å²) >= 11 is 17.7. The summed E-state index contributed by atoms with van der Waals surface area (Å²) in [6, 6.07) is 17.6. The maximum absolute atomic E-state index is 4.53. The van der Waals surface area contributed by atoms with Gasteiger partial charge in [0.2, 0.25) is 0 Å². The topological polar surface area (TPSA) is 6.48 Å². The molecular formula is C34H58N2PtS4. The number of rotatable bonds is 20. The third-order valence-corrected chi connectivity index (χ3v) is 9.73. The molecule has 0 aromatic heterocycles. The number of nitrogens with zero attached hydrogens (tertiary/aromatic N) is 2. The summed E-state index contributed by atoms with van der Waals surface area (Å²) in [5, 5.41) is 0.466. The van der Waals surface area contributed by atoms with Crippen molar-refractivity contribution in [3.05, 3.63) is 59.7 Å². The SMILES string of the molecule is CCCCCCCN(CC)c1ccc(C(S)CS)cc1.CCCCCCCN(CC)c1ccc(C(S)CS)cc1.[Pt]. The predicted molar refractivity (Wildman–Crippen MR) is 197 cm³/mol. The zero-order chi connectivity index (χ0) is 29.6. The van der Waals surface area contributed by atoms with Gasteiger partial charge in [-0.2, -0.15) is 50.5 Å². The Labute approximate surface area is 290 Å². The van der Waals surface area contributed by atoms with Crippen LogP contribution < -0.4 is 9.80 Å². The number of thiol groups is 4. The fourth-order valence-corrected chi connectivity index (χ4v) is 5.54. The van der Waals surface area contributed by atoms with Gasteiger partial charge in [0.15, 0.2) is 0 Å². The smallest absolute Gasteiger partial charge is 0.0366 e. The maximum Gasteiger partial charge on any atom is 0.0366 e. The Hall–Kier alpha value is 0.128. The second kappa shape index (κ2) is 26.5. The predicted octanol–water partition coefficient (Wildman–Crippen LogP) is 10.8. The summed E-state index contributed by atoms with van der Waals surface area (Å²) in [5.74, 6) is 1.55. The van der Waals surface area contributed by atoms with Crippen LogP contribution in [0.5, 0.6) is 0 Å². The molecule has 0 heterocycles. The van der Waals surface area contributed by atoms with Gasteiger partial charge in [0.1, 0.15) is 0 Å². The maximum atomic E-state index is 4.53. The minimum absolute atomic E-state index is 0. The zero-order valence-corrected chi connectivity index (χ0v) is 31.9. The van der Waals surface area contributed by atoms with Crippen molar-refractivity contribution in [1.82, 2.24) is 0 Å². The minimum atomic E-state index is 0. The van der Waals surface area contributed by atoms with E-state index in [2.05, 4.69) is 137 Å². The Kier molecular flexibility index (Phi) is 26.6. The third-order valence-electron chi connectivity index (χ3n) is 7.46. The molecule has 0 spiro atoms. The molecule has 41 heavy (non-hydrogen) atoms. The molecule has 7 heteroatoms. The van der Waals surface area contributed by atoms with Crippen LogP contribution >= 0.6 is 50.5 Å². The van der Waals surface area contributed by atoms with Gasteiger partial charge in [0.05, 0.1) is 0 Å². The van der Waals surface area contributed by atoms with Gasteiger partial charge in [0.25, 0.3) is 0 Å². The van der Waals surface area contributed by atoms with E-state index in [1.807, 2.05) is 0 Å². The summed E-state index contributed by atoms with van der Waals surface area (Å²) in [5.41, 5.74) is 5.16. The molecule has 2 atom stereocenters. The van der Waals surface area contributed by atoms with Gasteiger partial charge < -0.3 is 9.80 Å². The monoisotopic (exact) mass is 817 g/mol. The van der Waals surface area contributed by atoms with E-state index in [4.69, 9.17) is 0 Å². The summed E-state index contributed by atoms with van der Waals surface area (Å²) in [7, 11) is 0. The zero-order valence-electron chi connectivity index (χ0n) is 26.1. The first kappa shape index (κ1) is 41.1. The minimum Gasteiger partial charge on any atom is -0.372 e. The van der Waals surface area contributed by atoms with Crippen LogP contribution in [-0.2, 0) is 21.1 Å². The van der Waals surface area contributed by atoms with Crippen LogP contribution in [0.3, 0.4) is 0 Å². The number of hydrogen-bond donors (Lipinski definition) is 4. The van der Waals surface area contributed by atoms with Crippen molar-refractivity contribution >= 4 is 61.9 Å². The molecule has 0 saturated carbocycles. The van der Waals surface area contributed by atoms with Crippen molar-refractivity contribution in [3.8, 4) is 0 Å². The van der Waals surface area contributed by atoms with Crippen LogP contribution in [0.1, 0.15) is 114 Å². The first-order valence-electron chi connectivity index (χ1n) is 15.7. The first-order valence-corrected chi connectivity index (χ1v) is 18.0. The summed E-state index contributed by atoms with van der Waals surface area (Å²) in [6.45, 7) is 13.5. The molecule has 2 nitrogen and oxygen atoms in total. The van der Waals surface area contributed by atoms with Crippen molar-refractivity contribution in [2.24, 2.45) is 0 Å². The van der Waals surface area contributed by atoms with Crippen LogP contribution in [0.15, 0.2) is 48.5 Å². The Balaban J connectivity index is 0.000000762. The van der Waals surface area contributed by atoms with E-state index >= 15 is 0 Å². The Morgan fingerprint density at radius 2 is 0.829 bits per heavy atom. The number of unbranched alkanes of at least 4 members (excludes halogenated alkanes) is 8. The normalized spacial score (nSPS) is 12.1. The molecule has 0 aliphatic rings. The molecule has 0 radical (unpaired) electrons. The molecule has 0 amide bonds. The average molecular weight is 818 g/mol. The van der Waals surface area contributed by atoms with Crippen LogP contribution in [0.2, 0.25) is 0 Å². The second-order valence-electron chi connectivity index (χ2n) is 10.6. The van der Waals surface area contributed by atoms with Crippen molar-refractivity contribution in [2.75, 3.05) is 47.5 Å². The van der Waals surface area contributed by atoms with Crippen molar-refractivity contribution in [1.29, 1.82) is 0 Å². The van der Waals surface area contributed by atoms with E-state index in [-0.39, 0.29) is 31.6 Å². The molecule has 2 rings (SSSR count). The molecule has 0 N–H and O–H groups in total. The molecule has 2 unspecified atom stereocenters. The van der Waals surface area contributed by atoms with Gasteiger partial charge in [-0.25, -0.2) is 0 Å². The van der Waals surface area contributed by atoms with Gasteiger partial charge in [-0.05, 0) is 62.1 Å². The van der Waals surface area contributed by atoms with E-state index in [1.165, 1.54) is 86.7 Å². The van der Waals surface area contributed by atoms with Crippen LogP contribution in [0, 0.1) is 0 Å². The number of anilines is 2. The molecule has 2 aromatic carbocycles. The van der Waals surface area contributed by atoms with E-state index in [1.54, 1.807) is 0 Å². The molecule has 0 fully saturated rings. The Morgan fingerprint density at radius 3 is 1.10 bits per heavy atom. The first-order chi connectivity index (χ1) is 19.4. The molecule has 0 saturated heterocycles. The van der Waals surface area contributed by atoms with Gasteiger partial charge in [-0.3, -0.25) is 0 Å². The molecule has 238 valence electrons. The van der Waals surface area contributed by atoms with Gasteiger partial charge in [-0.15, -0.1) is 0 Å². The Bertz CT molecular complexity index is 779. The summed E-state index contributed by atoms with van der Waals surface area (Å²) in [4.78, 5) is 4.92. The van der Waals surface area contributed by atoms with Crippen molar-refractivity contribution in [2.45, 2.75) is 102 Å². The molecule has 2 aromatic rings.